The molecular weight excluding hydrogens is 268 g/mol. The Bertz CT molecular complexity index is 593. The van der Waals surface area contributed by atoms with Crippen LogP contribution >= 0.6 is 0 Å². The summed E-state index contributed by atoms with van der Waals surface area (Å²) in [6.45, 7) is 6.62. The van der Waals surface area contributed by atoms with Crippen LogP contribution in [0, 0.1) is 0 Å². The third-order valence-corrected chi connectivity index (χ3v) is 3.24. The van der Waals surface area contributed by atoms with Crippen molar-refractivity contribution in [2.45, 2.75) is 39.4 Å². The third kappa shape index (κ3) is 3.79. The lowest BCUT2D eigenvalue weighted by Gasteiger charge is -2.23. The van der Waals surface area contributed by atoms with E-state index in [9.17, 15) is 0 Å². The minimum Gasteiger partial charge on any atom is -0.497 e. The van der Waals surface area contributed by atoms with Crippen LogP contribution in [-0.4, -0.2) is 12.2 Å². The Balaban J connectivity index is 2.19. The van der Waals surface area contributed by atoms with E-state index in [2.05, 4.69) is 20.8 Å². The molecule has 0 saturated carbocycles. The number of hydrogen-bond donors (Lipinski definition) is 1. The van der Waals surface area contributed by atoms with Gasteiger partial charge in [0.25, 0.3) is 0 Å². The largest absolute Gasteiger partial charge is 0.497 e. The predicted molar refractivity (Wildman–Crippen MR) is 80.7 cm³/mol. The number of ether oxygens (including phenoxy) is 2. The maximum absolute atomic E-state index is 9.00. The van der Waals surface area contributed by atoms with E-state index >= 15 is 0 Å². The summed E-state index contributed by atoms with van der Waals surface area (Å²) in [4.78, 5) is 0. The van der Waals surface area contributed by atoms with Crippen LogP contribution in [0.15, 0.2) is 34.7 Å². The van der Waals surface area contributed by atoms with Gasteiger partial charge in [-0.3, -0.25) is 0 Å². The number of benzene rings is 1. The molecule has 0 bridgehead atoms. The second-order valence-corrected chi connectivity index (χ2v) is 5.93. The van der Waals surface area contributed by atoms with Gasteiger partial charge in [0.2, 0.25) is 0 Å². The maximum Gasteiger partial charge on any atom is 0.146 e. The van der Waals surface area contributed by atoms with Crippen molar-refractivity contribution in [3.63, 3.8) is 0 Å². The van der Waals surface area contributed by atoms with Gasteiger partial charge in [-0.15, -0.1) is 0 Å². The van der Waals surface area contributed by atoms with Crippen LogP contribution < -0.4 is 9.47 Å². The van der Waals surface area contributed by atoms with Crippen molar-refractivity contribution in [1.82, 2.24) is 0 Å². The van der Waals surface area contributed by atoms with Crippen LogP contribution in [0.4, 0.5) is 0 Å². The number of aliphatic hydroxyl groups is 1. The summed E-state index contributed by atoms with van der Waals surface area (Å²) < 4.78 is 16.6. The number of rotatable bonds is 5. The molecule has 1 N–H and O–H groups in total. The molecule has 4 nitrogen and oxygen atoms in total. The number of furan rings is 1. The summed E-state index contributed by atoms with van der Waals surface area (Å²) in [7, 11) is 1.65. The van der Waals surface area contributed by atoms with Gasteiger partial charge in [-0.1, -0.05) is 20.8 Å². The van der Waals surface area contributed by atoms with Crippen LogP contribution in [0.3, 0.4) is 0 Å². The first-order valence-corrected chi connectivity index (χ1v) is 6.94. The fraction of sp³-hybridized carbons (Fsp3) is 0.412. The SMILES string of the molecule is COc1ccc(OCc2ccc(CO)o2)c(C(C)(C)C)c1. The normalized spacial score (nSPS) is 11.5. The molecule has 0 saturated heterocycles. The van der Waals surface area contributed by atoms with Crippen LogP contribution in [-0.2, 0) is 18.6 Å². The quantitative estimate of drug-likeness (QED) is 0.913. The average molecular weight is 290 g/mol. The molecule has 114 valence electrons. The van der Waals surface area contributed by atoms with E-state index in [-0.39, 0.29) is 12.0 Å². The Hall–Kier alpha value is -1.94. The molecule has 1 aromatic carbocycles. The Morgan fingerprint density at radius 3 is 2.38 bits per heavy atom. The van der Waals surface area contributed by atoms with E-state index in [1.165, 1.54) is 0 Å². The minimum absolute atomic E-state index is 0.0523. The van der Waals surface area contributed by atoms with Gasteiger partial charge in [0.1, 0.15) is 36.2 Å². The topological polar surface area (TPSA) is 51.8 Å². The molecule has 1 aromatic heterocycles. The molecule has 2 rings (SSSR count). The van der Waals surface area contributed by atoms with Crippen molar-refractivity contribution in [1.29, 1.82) is 0 Å². The van der Waals surface area contributed by atoms with Crippen LogP contribution in [0.1, 0.15) is 37.9 Å². The fourth-order valence-electron chi connectivity index (χ4n) is 2.08. The maximum atomic E-state index is 9.00. The Labute approximate surface area is 125 Å². The molecule has 2 aromatic rings. The zero-order chi connectivity index (χ0) is 15.5. The smallest absolute Gasteiger partial charge is 0.146 e. The predicted octanol–water partition coefficient (Wildman–Crippen LogP) is 3.66. The van der Waals surface area contributed by atoms with E-state index in [1.807, 2.05) is 24.3 Å². The number of methoxy groups -OCH3 is 1. The summed E-state index contributed by atoms with van der Waals surface area (Å²) in [5.74, 6) is 2.85. The second kappa shape index (κ2) is 6.22. The van der Waals surface area contributed by atoms with E-state index in [1.54, 1.807) is 13.2 Å². The lowest BCUT2D eigenvalue weighted by Crippen LogP contribution is -2.13. The lowest BCUT2D eigenvalue weighted by molar-refractivity contribution is 0.223. The zero-order valence-electron chi connectivity index (χ0n) is 13.0. The Morgan fingerprint density at radius 2 is 1.81 bits per heavy atom. The highest BCUT2D eigenvalue weighted by molar-refractivity contribution is 5.44. The first-order chi connectivity index (χ1) is 9.94. The van der Waals surface area contributed by atoms with Gasteiger partial charge in [-0.05, 0) is 35.7 Å². The van der Waals surface area contributed by atoms with E-state index < -0.39 is 0 Å². The molecule has 0 aliphatic heterocycles. The summed E-state index contributed by atoms with van der Waals surface area (Å²) in [6, 6.07) is 9.35. The van der Waals surface area contributed by atoms with Crippen molar-refractivity contribution in [3.8, 4) is 11.5 Å². The molecule has 0 radical (unpaired) electrons. The van der Waals surface area contributed by atoms with Gasteiger partial charge < -0.3 is 19.0 Å². The van der Waals surface area contributed by atoms with Gasteiger partial charge in [-0.2, -0.15) is 0 Å². The monoisotopic (exact) mass is 290 g/mol. The average Bonchev–Trinajstić information content (AvgIpc) is 2.92. The van der Waals surface area contributed by atoms with Crippen molar-refractivity contribution in [2.75, 3.05) is 7.11 Å². The van der Waals surface area contributed by atoms with Gasteiger partial charge in [0.05, 0.1) is 7.11 Å². The molecule has 0 fully saturated rings. The van der Waals surface area contributed by atoms with Gasteiger partial charge in [0.15, 0.2) is 0 Å². The van der Waals surface area contributed by atoms with Crippen molar-refractivity contribution in [3.05, 3.63) is 47.4 Å². The summed E-state index contributed by atoms with van der Waals surface area (Å²) in [5, 5.41) is 9.00. The van der Waals surface area contributed by atoms with Gasteiger partial charge in [0, 0.05) is 5.56 Å². The fourth-order valence-corrected chi connectivity index (χ4v) is 2.08. The van der Waals surface area contributed by atoms with Crippen molar-refractivity contribution in [2.24, 2.45) is 0 Å². The van der Waals surface area contributed by atoms with E-state index in [0.717, 1.165) is 17.1 Å². The zero-order valence-corrected chi connectivity index (χ0v) is 13.0. The molecule has 0 atom stereocenters. The first-order valence-electron chi connectivity index (χ1n) is 6.94. The highest BCUT2D eigenvalue weighted by Gasteiger charge is 2.20. The molecule has 0 amide bonds. The van der Waals surface area contributed by atoms with E-state index in [0.29, 0.717) is 18.1 Å². The van der Waals surface area contributed by atoms with Crippen molar-refractivity contribution >= 4 is 0 Å². The molecule has 4 heteroatoms. The Morgan fingerprint density at radius 1 is 1.10 bits per heavy atom. The molecule has 1 heterocycles. The molecule has 0 spiro atoms. The first kappa shape index (κ1) is 15.4. The van der Waals surface area contributed by atoms with Gasteiger partial charge >= 0.3 is 0 Å². The minimum atomic E-state index is -0.101. The molecular formula is C17H22O4. The van der Waals surface area contributed by atoms with Crippen LogP contribution in [0.25, 0.3) is 0 Å². The highest BCUT2D eigenvalue weighted by atomic mass is 16.5. The summed E-state index contributed by atoms with van der Waals surface area (Å²) in [5.41, 5.74) is 1.03. The van der Waals surface area contributed by atoms with Crippen molar-refractivity contribution < 1.29 is 19.0 Å². The molecule has 0 aliphatic carbocycles. The summed E-state index contributed by atoms with van der Waals surface area (Å²) >= 11 is 0. The Kier molecular flexibility index (Phi) is 4.58. The molecule has 21 heavy (non-hydrogen) atoms. The van der Waals surface area contributed by atoms with Crippen LogP contribution in [0.2, 0.25) is 0 Å². The van der Waals surface area contributed by atoms with E-state index in [4.69, 9.17) is 19.0 Å². The molecule has 0 unspecified atom stereocenters. The third-order valence-electron chi connectivity index (χ3n) is 3.24. The van der Waals surface area contributed by atoms with Crippen LogP contribution in [0.5, 0.6) is 11.5 Å². The van der Waals surface area contributed by atoms with Gasteiger partial charge in [-0.25, -0.2) is 0 Å². The standard InChI is InChI=1S/C17H22O4/c1-17(2,3)15-9-12(19-4)7-8-16(15)20-11-14-6-5-13(10-18)21-14/h5-9,18H,10-11H2,1-4H3. The molecule has 0 aliphatic rings. The second-order valence-electron chi connectivity index (χ2n) is 5.93. The summed E-state index contributed by atoms with van der Waals surface area (Å²) in [6.07, 6.45) is 0. The highest BCUT2D eigenvalue weighted by Crippen LogP contribution is 2.34. The number of aliphatic hydroxyl groups excluding tert-OH is 1. The lowest BCUT2D eigenvalue weighted by atomic mass is 9.86. The number of hydrogen-bond acceptors (Lipinski definition) is 4.